The number of methoxy groups -OCH3 is 1. The average Bonchev–Trinajstić information content (AvgIpc) is 3.51. The number of H-pyrrole nitrogens is 1. The third-order valence-corrected chi connectivity index (χ3v) is 5.52. The Morgan fingerprint density at radius 1 is 1.12 bits per heavy atom. The van der Waals surface area contributed by atoms with E-state index in [9.17, 15) is 13.2 Å². The topological polar surface area (TPSA) is 81.5 Å². The highest BCUT2D eigenvalue weighted by atomic mass is 19.2. The van der Waals surface area contributed by atoms with E-state index in [1.54, 1.807) is 36.3 Å². The third kappa shape index (κ3) is 3.88. The van der Waals surface area contributed by atoms with Gasteiger partial charge < -0.3 is 9.72 Å². The molecule has 168 valence electrons. The van der Waals surface area contributed by atoms with Gasteiger partial charge in [0.25, 0.3) is 0 Å². The number of benzene rings is 1. The summed E-state index contributed by atoms with van der Waals surface area (Å²) in [5.41, 5.74) is 2.56. The van der Waals surface area contributed by atoms with Crippen LogP contribution in [0.3, 0.4) is 0 Å². The van der Waals surface area contributed by atoms with Crippen LogP contribution >= 0.6 is 0 Å². The van der Waals surface area contributed by atoms with Gasteiger partial charge in [0.2, 0.25) is 0 Å². The minimum absolute atomic E-state index is 0.339. The van der Waals surface area contributed by atoms with E-state index in [1.165, 1.54) is 0 Å². The summed E-state index contributed by atoms with van der Waals surface area (Å²) in [7, 11) is 1.56. The minimum atomic E-state index is -1.47. The van der Waals surface area contributed by atoms with Crippen LogP contribution < -0.4 is 4.74 Å². The Balaban J connectivity index is 1.39. The van der Waals surface area contributed by atoms with Crippen LogP contribution in [0.15, 0.2) is 30.6 Å². The van der Waals surface area contributed by atoms with Gasteiger partial charge in [0, 0.05) is 24.9 Å². The number of fused-ring (bicyclic) bond motifs is 1. The first-order valence-electron chi connectivity index (χ1n) is 10.3. The van der Waals surface area contributed by atoms with Crippen LogP contribution in [-0.4, -0.2) is 36.8 Å². The second-order valence-electron chi connectivity index (χ2n) is 7.73. The van der Waals surface area contributed by atoms with E-state index in [-0.39, 0.29) is 5.92 Å². The zero-order valence-corrected chi connectivity index (χ0v) is 17.8. The number of nitrogens with zero attached hydrogens (tertiary/aromatic N) is 5. The van der Waals surface area contributed by atoms with Crippen molar-refractivity contribution in [2.75, 3.05) is 7.11 Å². The molecule has 1 unspecified atom stereocenters. The van der Waals surface area contributed by atoms with Crippen LogP contribution in [0, 0.1) is 24.4 Å². The van der Waals surface area contributed by atoms with Crippen LogP contribution in [0.4, 0.5) is 13.2 Å². The molecule has 0 bridgehead atoms. The van der Waals surface area contributed by atoms with E-state index in [4.69, 9.17) is 4.74 Å². The largest absolute Gasteiger partial charge is 0.494 e. The Morgan fingerprint density at radius 3 is 2.61 bits per heavy atom. The number of imidazole rings is 1. The van der Waals surface area contributed by atoms with E-state index in [0.717, 1.165) is 23.4 Å². The SMILES string of the molecule is COc1cc(C=Cc2nc3n(n2)CCC3c2cc(F)c(F)c(F)c2)cnc1-c1nc(C)c[nH]1. The van der Waals surface area contributed by atoms with Crippen LogP contribution in [0.5, 0.6) is 5.75 Å². The summed E-state index contributed by atoms with van der Waals surface area (Å²) in [4.78, 5) is 16.4. The van der Waals surface area contributed by atoms with Crippen molar-refractivity contribution in [3.63, 3.8) is 0 Å². The predicted molar refractivity (Wildman–Crippen MR) is 115 cm³/mol. The van der Waals surface area contributed by atoms with Gasteiger partial charge in [-0.25, -0.2) is 32.8 Å². The molecule has 4 heterocycles. The maximum Gasteiger partial charge on any atom is 0.194 e. The monoisotopic (exact) mass is 452 g/mol. The number of aromatic nitrogens is 6. The van der Waals surface area contributed by atoms with E-state index in [2.05, 4.69) is 25.0 Å². The lowest BCUT2D eigenvalue weighted by atomic mass is 9.97. The number of nitrogens with one attached hydrogen (secondary N) is 1. The molecular weight excluding hydrogens is 433 g/mol. The van der Waals surface area contributed by atoms with Crippen LogP contribution in [0.2, 0.25) is 0 Å². The molecule has 1 aromatic carbocycles. The first-order chi connectivity index (χ1) is 15.9. The Hall–Kier alpha value is -3.95. The number of aromatic amines is 1. The van der Waals surface area contributed by atoms with Crippen molar-refractivity contribution in [1.29, 1.82) is 0 Å². The summed E-state index contributed by atoms with van der Waals surface area (Å²) in [6.45, 7) is 2.43. The van der Waals surface area contributed by atoms with Gasteiger partial charge in [-0.2, -0.15) is 5.10 Å². The van der Waals surface area contributed by atoms with E-state index >= 15 is 0 Å². The van der Waals surface area contributed by atoms with Gasteiger partial charge in [-0.05, 0) is 54.8 Å². The van der Waals surface area contributed by atoms with Gasteiger partial charge in [-0.15, -0.1) is 0 Å². The highest BCUT2D eigenvalue weighted by Crippen LogP contribution is 2.34. The first-order valence-corrected chi connectivity index (χ1v) is 10.3. The summed E-state index contributed by atoms with van der Waals surface area (Å²) >= 11 is 0. The molecule has 0 saturated heterocycles. The van der Waals surface area contributed by atoms with Gasteiger partial charge in [0.15, 0.2) is 29.1 Å². The Bertz CT molecular complexity index is 1350. The molecule has 0 spiro atoms. The summed E-state index contributed by atoms with van der Waals surface area (Å²) in [5.74, 6) is -2.04. The van der Waals surface area contributed by atoms with Crippen LogP contribution in [0.1, 0.15) is 40.8 Å². The number of hydrogen-bond donors (Lipinski definition) is 1. The molecule has 0 radical (unpaired) electrons. The highest BCUT2D eigenvalue weighted by Gasteiger charge is 2.29. The molecule has 0 amide bonds. The van der Waals surface area contributed by atoms with Crippen molar-refractivity contribution in [2.24, 2.45) is 0 Å². The Morgan fingerprint density at radius 2 is 1.91 bits per heavy atom. The Labute approximate surface area is 187 Å². The van der Waals surface area contributed by atoms with E-state index in [1.807, 2.05) is 13.0 Å². The summed E-state index contributed by atoms with van der Waals surface area (Å²) in [6, 6.07) is 3.86. The second kappa shape index (κ2) is 8.19. The molecular formula is C23H19F3N6O. The molecule has 1 N–H and O–H groups in total. The molecule has 10 heteroatoms. The number of ether oxygens (including phenoxy) is 1. The zero-order chi connectivity index (χ0) is 23.1. The lowest BCUT2D eigenvalue weighted by Crippen LogP contribution is -2.02. The smallest absolute Gasteiger partial charge is 0.194 e. The lowest BCUT2D eigenvalue weighted by molar-refractivity contribution is 0.414. The summed E-state index contributed by atoms with van der Waals surface area (Å²) in [6.07, 6.45) is 7.57. The summed E-state index contributed by atoms with van der Waals surface area (Å²) < 4.78 is 47.9. The number of pyridine rings is 1. The fraction of sp³-hybridized carbons (Fsp3) is 0.217. The van der Waals surface area contributed by atoms with Crippen molar-refractivity contribution in [3.8, 4) is 17.3 Å². The zero-order valence-electron chi connectivity index (χ0n) is 17.8. The number of hydrogen-bond acceptors (Lipinski definition) is 5. The normalized spacial score (nSPS) is 15.4. The highest BCUT2D eigenvalue weighted by molar-refractivity contribution is 5.70. The Kier molecular flexibility index (Phi) is 5.20. The standard InChI is InChI=1S/C23H19F3N6O/c1-12-10-28-22(29-12)21-18(33-2)7-13(11-27-21)3-4-19-30-23-15(5-6-32(23)31-19)14-8-16(24)20(26)17(25)9-14/h3-4,7-11,15H,5-6H2,1-2H3,(H,28,29). The molecule has 5 rings (SSSR count). The van der Waals surface area contributed by atoms with Crippen molar-refractivity contribution >= 4 is 12.2 Å². The number of rotatable bonds is 5. The van der Waals surface area contributed by atoms with Gasteiger partial charge >= 0.3 is 0 Å². The first kappa shape index (κ1) is 20.9. The maximum atomic E-state index is 13.7. The molecule has 0 fully saturated rings. The number of aryl methyl sites for hydroxylation is 2. The van der Waals surface area contributed by atoms with Crippen molar-refractivity contribution in [3.05, 3.63) is 76.5 Å². The minimum Gasteiger partial charge on any atom is -0.494 e. The molecule has 3 aromatic heterocycles. The van der Waals surface area contributed by atoms with E-state index < -0.39 is 17.5 Å². The van der Waals surface area contributed by atoms with E-state index in [0.29, 0.717) is 47.4 Å². The fourth-order valence-corrected chi connectivity index (χ4v) is 3.93. The molecule has 1 atom stereocenters. The quantitative estimate of drug-likeness (QED) is 0.451. The molecule has 1 aliphatic heterocycles. The molecule has 33 heavy (non-hydrogen) atoms. The second-order valence-corrected chi connectivity index (χ2v) is 7.73. The van der Waals surface area contributed by atoms with Gasteiger partial charge in [0.1, 0.15) is 17.3 Å². The average molecular weight is 452 g/mol. The maximum absolute atomic E-state index is 13.7. The molecule has 7 nitrogen and oxygen atoms in total. The van der Waals surface area contributed by atoms with Crippen molar-refractivity contribution < 1.29 is 17.9 Å². The van der Waals surface area contributed by atoms with Gasteiger partial charge in [-0.3, -0.25) is 0 Å². The lowest BCUT2D eigenvalue weighted by Gasteiger charge is -2.09. The molecule has 1 aliphatic rings. The van der Waals surface area contributed by atoms with Gasteiger partial charge in [-0.1, -0.05) is 0 Å². The van der Waals surface area contributed by atoms with Crippen LogP contribution in [0.25, 0.3) is 23.7 Å². The van der Waals surface area contributed by atoms with Gasteiger partial charge in [0.05, 0.1) is 12.8 Å². The van der Waals surface area contributed by atoms with Crippen molar-refractivity contribution in [1.82, 2.24) is 29.7 Å². The molecule has 4 aromatic rings. The van der Waals surface area contributed by atoms with Crippen molar-refractivity contribution in [2.45, 2.75) is 25.8 Å². The fourth-order valence-electron chi connectivity index (χ4n) is 3.93. The predicted octanol–water partition coefficient (Wildman–Crippen LogP) is 4.50. The molecule has 0 aliphatic carbocycles. The van der Waals surface area contributed by atoms with Crippen LogP contribution in [-0.2, 0) is 6.54 Å². The molecule has 0 saturated carbocycles. The third-order valence-electron chi connectivity index (χ3n) is 5.52. The summed E-state index contributed by atoms with van der Waals surface area (Å²) in [5, 5.41) is 4.44. The number of halogens is 3.